The van der Waals surface area contributed by atoms with Crippen LogP contribution in [-0.4, -0.2) is 6.54 Å². The average molecular weight is 305 g/mol. The molecule has 0 saturated carbocycles. The molecule has 0 saturated heterocycles. The number of nitrogens with one attached hydrogen (secondary N) is 1. The van der Waals surface area contributed by atoms with E-state index in [1.807, 2.05) is 0 Å². The predicted octanol–water partition coefficient (Wildman–Crippen LogP) is 4.13. The molecule has 1 aliphatic heterocycles. The number of hydrogen-bond acceptors (Lipinski definition) is 1. The first-order valence-electron chi connectivity index (χ1n) is 4.41. The Morgan fingerprint density at radius 2 is 2.15 bits per heavy atom. The molecule has 0 aromatic heterocycles. The molecule has 0 amide bonds. The molecular weight excluding hydrogens is 294 g/mol. The smallest absolute Gasteiger partial charge is 0.0520 e. The van der Waals surface area contributed by atoms with Gasteiger partial charge in [0.15, 0.2) is 0 Å². The largest absolute Gasteiger partial charge is 0.384 e. The van der Waals surface area contributed by atoms with E-state index in [1.54, 1.807) is 0 Å². The number of anilines is 1. The van der Waals surface area contributed by atoms with Crippen molar-refractivity contribution in [2.75, 3.05) is 11.9 Å². The molecule has 3 heteroatoms. The normalized spacial score (nSPS) is 20.7. The van der Waals surface area contributed by atoms with E-state index < -0.39 is 0 Å². The van der Waals surface area contributed by atoms with Crippen molar-refractivity contribution in [3.63, 3.8) is 0 Å². The van der Waals surface area contributed by atoms with Gasteiger partial charge in [-0.3, -0.25) is 0 Å². The monoisotopic (exact) mass is 303 g/mol. The van der Waals surface area contributed by atoms with Crippen LogP contribution in [0.25, 0.3) is 0 Å². The number of halogens is 2. The van der Waals surface area contributed by atoms with E-state index in [1.165, 1.54) is 17.7 Å². The molecule has 2 rings (SSSR count). The Labute approximate surface area is 95.2 Å². The van der Waals surface area contributed by atoms with Crippen molar-refractivity contribution in [1.29, 1.82) is 0 Å². The Hall–Kier alpha value is -0.0200. The first kappa shape index (κ1) is 9.53. The number of fused-ring (bicyclic) bond motifs is 1. The molecule has 1 unspecified atom stereocenters. The van der Waals surface area contributed by atoms with Crippen molar-refractivity contribution < 1.29 is 0 Å². The van der Waals surface area contributed by atoms with Crippen LogP contribution in [0.3, 0.4) is 0 Å². The second-order valence-corrected chi connectivity index (χ2v) is 5.24. The van der Waals surface area contributed by atoms with Gasteiger partial charge in [0.2, 0.25) is 0 Å². The van der Waals surface area contributed by atoms with Gasteiger partial charge in [-0.15, -0.1) is 0 Å². The summed E-state index contributed by atoms with van der Waals surface area (Å²) in [7, 11) is 0. The lowest BCUT2D eigenvalue weighted by molar-refractivity contribution is 0.682. The summed E-state index contributed by atoms with van der Waals surface area (Å²) in [5, 5.41) is 3.42. The molecule has 0 spiro atoms. The molecule has 1 heterocycles. The van der Waals surface area contributed by atoms with Crippen molar-refractivity contribution in [3.8, 4) is 0 Å². The highest BCUT2D eigenvalue weighted by molar-refractivity contribution is 9.11. The lowest BCUT2D eigenvalue weighted by Crippen LogP contribution is -2.15. The first-order valence-corrected chi connectivity index (χ1v) is 6.00. The van der Waals surface area contributed by atoms with Crippen LogP contribution < -0.4 is 5.32 Å². The number of hydrogen-bond donors (Lipinski definition) is 1. The van der Waals surface area contributed by atoms with Gasteiger partial charge >= 0.3 is 0 Å². The van der Waals surface area contributed by atoms with E-state index >= 15 is 0 Å². The zero-order valence-electron chi connectivity index (χ0n) is 7.40. The lowest BCUT2D eigenvalue weighted by Gasteiger charge is -2.25. The van der Waals surface area contributed by atoms with Gasteiger partial charge in [0, 0.05) is 15.5 Å². The summed E-state index contributed by atoms with van der Waals surface area (Å²) in [4.78, 5) is 0. The van der Waals surface area contributed by atoms with Crippen LogP contribution in [0, 0.1) is 0 Å². The maximum atomic E-state index is 3.57. The Balaban J connectivity index is 2.56. The SMILES string of the molecule is CC1CCNc2c(Br)cc(Br)cc21. The quantitative estimate of drug-likeness (QED) is 0.760. The minimum atomic E-state index is 0.657. The summed E-state index contributed by atoms with van der Waals surface area (Å²) in [6.45, 7) is 3.35. The maximum absolute atomic E-state index is 3.57. The highest BCUT2D eigenvalue weighted by Crippen LogP contribution is 2.38. The van der Waals surface area contributed by atoms with Gasteiger partial charge in [-0.05, 0) is 46.0 Å². The second kappa shape index (κ2) is 3.62. The highest BCUT2D eigenvalue weighted by Gasteiger charge is 2.18. The third-order valence-corrected chi connectivity index (χ3v) is 3.58. The van der Waals surface area contributed by atoms with Crippen molar-refractivity contribution in [1.82, 2.24) is 0 Å². The summed E-state index contributed by atoms with van der Waals surface area (Å²) in [5.74, 6) is 0.657. The third-order valence-electron chi connectivity index (χ3n) is 2.50. The minimum absolute atomic E-state index is 0.657. The van der Waals surface area contributed by atoms with Gasteiger partial charge in [0.05, 0.1) is 5.69 Å². The van der Waals surface area contributed by atoms with Crippen LogP contribution in [0.15, 0.2) is 21.1 Å². The summed E-state index contributed by atoms with van der Waals surface area (Å²) in [6.07, 6.45) is 1.22. The maximum Gasteiger partial charge on any atom is 0.0520 e. The molecule has 1 aliphatic rings. The zero-order valence-corrected chi connectivity index (χ0v) is 10.6. The molecule has 1 aromatic carbocycles. The summed E-state index contributed by atoms with van der Waals surface area (Å²) in [5.41, 5.74) is 2.68. The molecule has 0 aliphatic carbocycles. The third kappa shape index (κ3) is 1.77. The standard InChI is InChI=1S/C10H11Br2N/c1-6-2-3-13-10-8(6)4-7(11)5-9(10)12/h4-6,13H,2-3H2,1H3. The fourth-order valence-corrected chi connectivity index (χ4v) is 3.14. The van der Waals surface area contributed by atoms with E-state index in [-0.39, 0.29) is 0 Å². The number of benzene rings is 1. The Bertz CT molecular complexity index is 336. The molecule has 13 heavy (non-hydrogen) atoms. The second-order valence-electron chi connectivity index (χ2n) is 3.47. The van der Waals surface area contributed by atoms with Crippen molar-refractivity contribution in [2.24, 2.45) is 0 Å². The van der Waals surface area contributed by atoms with Crippen LogP contribution in [-0.2, 0) is 0 Å². The molecule has 0 fully saturated rings. The summed E-state index contributed by atoms with van der Waals surface area (Å²) < 4.78 is 2.30. The summed E-state index contributed by atoms with van der Waals surface area (Å²) in [6, 6.07) is 4.29. The highest BCUT2D eigenvalue weighted by atomic mass is 79.9. The van der Waals surface area contributed by atoms with Gasteiger partial charge in [0.1, 0.15) is 0 Å². The Morgan fingerprint density at radius 3 is 2.92 bits per heavy atom. The van der Waals surface area contributed by atoms with E-state index in [2.05, 4.69) is 56.2 Å². The van der Waals surface area contributed by atoms with Crippen LogP contribution in [0.5, 0.6) is 0 Å². The molecule has 1 atom stereocenters. The Morgan fingerprint density at radius 1 is 1.38 bits per heavy atom. The van der Waals surface area contributed by atoms with Crippen LogP contribution in [0.4, 0.5) is 5.69 Å². The molecule has 1 aromatic rings. The van der Waals surface area contributed by atoms with Crippen LogP contribution >= 0.6 is 31.9 Å². The minimum Gasteiger partial charge on any atom is -0.384 e. The van der Waals surface area contributed by atoms with Gasteiger partial charge in [-0.2, -0.15) is 0 Å². The van der Waals surface area contributed by atoms with E-state index in [0.29, 0.717) is 5.92 Å². The van der Waals surface area contributed by atoms with E-state index in [9.17, 15) is 0 Å². The average Bonchev–Trinajstić information content (AvgIpc) is 2.07. The van der Waals surface area contributed by atoms with Crippen LogP contribution in [0.1, 0.15) is 24.8 Å². The van der Waals surface area contributed by atoms with Crippen molar-refractivity contribution in [2.45, 2.75) is 19.3 Å². The van der Waals surface area contributed by atoms with E-state index in [0.717, 1.165) is 15.5 Å². The zero-order chi connectivity index (χ0) is 9.42. The predicted molar refractivity (Wildman–Crippen MR) is 63.4 cm³/mol. The lowest BCUT2D eigenvalue weighted by atomic mass is 9.93. The summed E-state index contributed by atoms with van der Waals surface area (Å²) >= 11 is 7.08. The van der Waals surface area contributed by atoms with Gasteiger partial charge < -0.3 is 5.32 Å². The van der Waals surface area contributed by atoms with Gasteiger partial charge in [-0.25, -0.2) is 0 Å². The molecular formula is C10H11Br2N. The topological polar surface area (TPSA) is 12.0 Å². The Kier molecular flexibility index (Phi) is 2.65. The molecule has 70 valence electrons. The molecule has 0 radical (unpaired) electrons. The molecule has 0 bridgehead atoms. The van der Waals surface area contributed by atoms with E-state index in [4.69, 9.17) is 0 Å². The first-order chi connectivity index (χ1) is 6.18. The van der Waals surface area contributed by atoms with Crippen molar-refractivity contribution >= 4 is 37.5 Å². The molecule has 1 N–H and O–H groups in total. The fraction of sp³-hybridized carbons (Fsp3) is 0.400. The van der Waals surface area contributed by atoms with Gasteiger partial charge in [-0.1, -0.05) is 22.9 Å². The van der Waals surface area contributed by atoms with Gasteiger partial charge in [0.25, 0.3) is 0 Å². The fourth-order valence-electron chi connectivity index (χ4n) is 1.74. The molecule has 1 nitrogen and oxygen atoms in total. The van der Waals surface area contributed by atoms with Crippen LogP contribution in [0.2, 0.25) is 0 Å². The number of rotatable bonds is 0. The van der Waals surface area contributed by atoms with Crippen molar-refractivity contribution in [3.05, 3.63) is 26.6 Å².